The molecule has 2 aromatic heterocycles. The van der Waals surface area contributed by atoms with Crippen molar-refractivity contribution in [2.75, 3.05) is 19.4 Å². The zero-order chi connectivity index (χ0) is 23.0. The molecule has 172 valence electrons. The first-order chi connectivity index (χ1) is 15.2. The molecule has 0 radical (unpaired) electrons. The Morgan fingerprint density at radius 1 is 1.34 bits per heavy atom. The minimum atomic E-state index is -3.71. The fourth-order valence-electron chi connectivity index (χ4n) is 3.55. The molecular weight excluding hydrogens is 459 g/mol. The van der Waals surface area contributed by atoms with Crippen LogP contribution < -0.4 is 15.3 Å². The molecule has 32 heavy (non-hydrogen) atoms. The largest absolute Gasteiger partial charge is 0.458 e. The first kappa shape index (κ1) is 22.9. The molecule has 13 heteroatoms. The standard InChI is InChI=1S/C19H24ClN6O5P/c1-10-16(27)14(8-29-32(28,22-3)31-13-6-4-12(20)5-7-13)30-18(10)26-9-23-15-11(2)24-19(21)25-17(15)26/h4-7,9-10,14,16,18,27H,8H2,1-3H3,(H,22,28)(H2,21,24,25)/t10?,14-,16+,18-,32?/m1/s1. The van der Waals surface area contributed by atoms with E-state index in [0.29, 0.717) is 27.6 Å². The lowest BCUT2D eigenvalue weighted by atomic mass is 10.0. The van der Waals surface area contributed by atoms with Gasteiger partial charge in [0.2, 0.25) is 5.95 Å². The number of halogens is 1. The van der Waals surface area contributed by atoms with E-state index in [4.69, 9.17) is 31.1 Å². The summed E-state index contributed by atoms with van der Waals surface area (Å²) in [6.45, 7) is 3.45. The van der Waals surface area contributed by atoms with Crippen molar-refractivity contribution in [1.82, 2.24) is 24.6 Å². The molecule has 3 heterocycles. The number of nitrogens with two attached hydrogens (primary N) is 1. The van der Waals surface area contributed by atoms with E-state index < -0.39 is 26.2 Å². The normalized spacial score (nSPS) is 25.2. The zero-order valence-corrected chi connectivity index (χ0v) is 19.3. The highest BCUT2D eigenvalue weighted by Gasteiger charge is 2.44. The van der Waals surface area contributed by atoms with Crippen LogP contribution in [0.3, 0.4) is 0 Å². The average molecular weight is 483 g/mol. The molecule has 0 bridgehead atoms. The molecule has 3 aromatic rings. The van der Waals surface area contributed by atoms with Crippen molar-refractivity contribution in [3.05, 3.63) is 41.3 Å². The number of hydrogen-bond donors (Lipinski definition) is 3. The first-order valence-electron chi connectivity index (χ1n) is 9.89. The second-order valence-electron chi connectivity index (χ2n) is 7.47. The summed E-state index contributed by atoms with van der Waals surface area (Å²) in [5.41, 5.74) is 7.54. The van der Waals surface area contributed by atoms with E-state index >= 15 is 0 Å². The highest BCUT2D eigenvalue weighted by atomic mass is 35.5. The zero-order valence-electron chi connectivity index (χ0n) is 17.7. The summed E-state index contributed by atoms with van der Waals surface area (Å²) >= 11 is 5.87. The topological polar surface area (TPSA) is 147 Å². The molecule has 0 spiro atoms. The van der Waals surface area contributed by atoms with Gasteiger partial charge < -0.3 is 20.1 Å². The number of nitrogen functional groups attached to an aromatic ring is 1. The Bertz CT molecular complexity index is 1160. The molecule has 1 saturated heterocycles. The van der Waals surface area contributed by atoms with Crippen LogP contribution in [-0.2, 0) is 13.8 Å². The van der Waals surface area contributed by atoms with Crippen molar-refractivity contribution >= 4 is 36.5 Å². The van der Waals surface area contributed by atoms with Crippen LogP contribution in [0.15, 0.2) is 30.6 Å². The van der Waals surface area contributed by atoms with Crippen molar-refractivity contribution in [3.63, 3.8) is 0 Å². The Balaban J connectivity index is 1.49. The number of ether oxygens (including phenoxy) is 1. The summed E-state index contributed by atoms with van der Waals surface area (Å²) in [6.07, 6.45) is -0.657. The number of aliphatic hydroxyl groups is 1. The number of aliphatic hydroxyl groups excluding tert-OH is 1. The van der Waals surface area contributed by atoms with Gasteiger partial charge in [-0.2, -0.15) is 4.98 Å². The molecule has 0 saturated carbocycles. The van der Waals surface area contributed by atoms with Crippen molar-refractivity contribution < 1.29 is 23.5 Å². The molecule has 11 nitrogen and oxygen atoms in total. The molecule has 0 amide bonds. The maximum absolute atomic E-state index is 13.0. The number of aromatic nitrogens is 4. The highest BCUT2D eigenvalue weighted by Crippen LogP contribution is 2.45. The van der Waals surface area contributed by atoms with E-state index in [0.717, 1.165) is 0 Å². The minimum Gasteiger partial charge on any atom is -0.413 e. The molecule has 1 aromatic carbocycles. The Morgan fingerprint density at radius 2 is 2.06 bits per heavy atom. The van der Waals surface area contributed by atoms with E-state index in [1.54, 1.807) is 42.1 Å². The predicted molar refractivity (Wildman–Crippen MR) is 118 cm³/mol. The number of benzene rings is 1. The Hall–Kier alpha value is -2.27. The summed E-state index contributed by atoms with van der Waals surface area (Å²) in [5, 5.41) is 13.8. The molecule has 1 fully saturated rings. The van der Waals surface area contributed by atoms with Crippen molar-refractivity contribution in [1.29, 1.82) is 0 Å². The lowest BCUT2D eigenvalue weighted by Crippen LogP contribution is -2.30. The summed E-state index contributed by atoms with van der Waals surface area (Å²) in [4.78, 5) is 12.7. The van der Waals surface area contributed by atoms with Gasteiger partial charge in [0.25, 0.3) is 0 Å². The molecular formula is C19H24ClN6O5P. The van der Waals surface area contributed by atoms with Crippen LogP contribution in [0.2, 0.25) is 5.02 Å². The van der Waals surface area contributed by atoms with Gasteiger partial charge in [0.15, 0.2) is 5.65 Å². The molecule has 2 unspecified atom stereocenters. The predicted octanol–water partition coefficient (Wildman–Crippen LogP) is 2.69. The van der Waals surface area contributed by atoms with E-state index in [2.05, 4.69) is 20.0 Å². The fourth-order valence-corrected chi connectivity index (χ4v) is 4.70. The van der Waals surface area contributed by atoms with E-state index in [1.165, 1.54) is 7.05 Å². The van der Waals surface area contributed by atoms with Crippen LogP contribution in [0.4, 0.5) is 5.95 Å². The van der Waals surface area contributed by atoms with Gasteiger partial charge in [-0.05, 0) is 38.2 Å². The molecule has 5 atom stereocenters. The molecule has 1 aliphatic rings. The Kier molecular flexibility index (Phi) is 6.39. The number of imidazole rings is 1. The van der Waals surface area contributed by atoms with Gasteiger partial charge in [0.05, 0.1) is 24.7 Å². The van der Waals surface area contributed by atoms with Crippen molar-refractivity contribution in [2.45, 2.75) is 32.3 Å². The molecule has 4 rings (SSSR count). The van der Waals surface area contributed by atoms with Gasteiger partial charge in [-0.15, -0.1) is 0 Å². The van der Waals surface area contributed by atoms with Crippen LogP contribution >= 0.6 is 19.3 Å². The first-order valence-corrected chi connectivity index (χ1v) is 11.8. The average Bonchev–Trinajstić information content (AvgIpc) is 3.30. The van der Waals surface area contributed by atoms with Crippen molar-refractivity contribution in [3.8, 4) is 5.75 Å². The van der Waals surface area contributed by atoms with Crippen LogP contribution in [0, 0.1) is 12.8 Å². The highest BCUT2D eigenvalue weighted by molar-refractivity contribution is 7.52. The summed E-state index contributed by atoms with van der Waals surface area (Å²) in [5.74, 6) is 0.115. The summed E-state index contributed by atoms with van der Waals surface area (Å²) in [6, 6.07) is 6.38. The lowest BCUT2D eigenvalue weighted by molar-refractivity contribution is -0.0413. The van der Waals surface area contributed by atoms with Crippen LogP contribution in [0.1, 0.15) is 18.8 Å². The van der Waals surface area contributed by atoms with Gasteiger partial charge >= 0.3 is 7.75 Å². The van der Waals surface area contributed by atoms with Crippen molar-refractivity contribution in [2.24, 2.45) is 5.92 Å². The SMILES string of the molecule is CNP(=O)(OC[C@H]1O[C@@H](n2cnc3c(C)nc(N)nc32)C(C)[C@@H]1O)Oc1ccc(Cl)cc1. The third-order valence-electron chi connectivity index (χ3n) is 5.29. The number of rotatable bonds is 7. The second kappa shape index (κ2) is 8.93. The summed E-state index contributed by atoms with van der Waals surface area (Å²) < 4.78 is 31.8. The lowest BCUT2D eigenvalue weighted by Gasteiger charge is -2.21. The van der Waals surface area contributed by atoms with E-state index in [-0.39, 0.29) is 18.5 Å². The molecule has 1 aliphatic heterocycles. The number of aryl methyl sites for hydroxylation is 1. The van der Waals surface area contributed by atoms with Gasteiger partial charge in [0.1, 0.15) is 23.6 Å². The third-order valence-corrected chi connectivity index (χ3v) is 7.03. The smallest absolute Gasteiger partial charge is 0.413 e. The molecule has 0 aliphatic carbocycles. The molecule has 4 N–H and O–H groups in total. The van der Waals surface area contributed by atoms with Gasteiger partial charge in [-0.1, -0.05) is 18.5 Å². The summed E-state index contributed by atoms with van der Waals surface area (Å²) in [7, 11) is -2.25. The van der Waals surface area contributed by atoms with Gasteiger partial charge in [0, 0.05) is 10.9 Å². The number of hydrogen-bond acceptors (Lipinski definition) is 9. The number of nitrogens with one attached hydrogen (secondary N) is 1. The van der Waals surface area contributed by atoms with Gasteiger partial charge in [-0.3, -0.25) is 9.09 Å². The minimum absolute atomic E-state index is 0.122. The Morgan fingerprint density at radius 3 is 2.75 bits per heavy atom. The monoisotopic (exact) mass is 482 g/mol. The van der Waals surface area contributed by atoms with Crippen LogP contribution in [0.5, 0.6) is 5.75 Å². The quantitative estimate of drug-likeness (QED) is 0.429. The van der Waals surface area contributed by atoms with Gasteiger partial charge in [-0.25, -0.2) is 19.6 Å². The fraction of sp³-hybridized carbons (Fsp3) is 0.421. The third kappa shape index (κ3) is 4.45. The van der Waals surface area contributed by atoms with Crippen LogP contribution in [0.25, 0.3) is 11.2 Å². The Labute approximate surface area is 189 Å². The van der Waals surface area contributed by atoms with E-state index in [9.17, 15) is 9.67 Å². The second-order valence-corrected chi connectivity index (χ2v) is 9.79. The number of fused-ring (bicyclic) bond motifs is 1. The number of anilines is 1. The van der Waals surface area contributed by atoms with E-state index in [1.807, 2.05) is 6.92 Å². The maximum atomic E-state index is 13.0. The number of nitrogens with zero attached hydrogens (tertiary/aromatic N) is 4. The van der Waals surface area contributed by atoms with Crippen LogP contribution in [-0.4, -0.2) is 50.5 Å². The maximum Gasteiger partial charge on any atom is 0.458 e.